The molecule has 3 atom stereocenters. The summed E-state index contributed by atoms with van der Waals surface area (Å²) in [7, 11) is 0. The number of carbonyl (C=O) groups is 1. The number of rotatable bonds is 3. The fourth-order valence-corrected chi connectivity index (χ4v) is 4.95. The summed E-state index contributed by atoms with van der Waals surface area (Å²) >= 11 is 1.81. The number of hydrogen-bond donors (Lipinski definition) is 1. The van der Waals surface area contributed by atoms with Gasteiger partial charge in [0.15, 0.2) is 0 Å². The molecule has 2 aliphatic rings. The van der Waals surface area contributed by atoms with Crippen LogP contribution >= 0.6 is 11.3 Å². The van der Waals surface area contributed by atoms with E-state index in [1.54, 1.807) is 0 Å². The number of amides is 1. The summed E-state index contributed by atoms with van der Waals surface area (Å²) in [5.74, 6) is 1.16. The van der Waals surface area contributed by atoms with Crippen molar-refractivity contribution in [3.63, 3.8) is 0 Å². The summed E-state index contributed by atoms with van der Waals surface area (Å²) in [4.78, 5) is 16.6. The summed E-state index contributed by atoms with van der Waals surface area (Å²) in [6.45, 7) is 3.75. The van der Waals surface area contributed by atoms with Crippen LogP contribution in [0.15, 0.2) is 11.4 Å². The number of fused-ring (bicyclic) bond motifs is 1. The quantitative estimate of drug-likeness (QED) is 0.932. The van der Waals surface area contributed by atoms with Gasteiger partial charge in [0.25, 0.3) is 0 Å². The van der Waals surface area contributed by atoms with E-state index in [9.17, 15) is 4.79 Å². The predicted octanol–water partition coefficient (Wildman–Crippen LogP) is 3.14. The molecule has 1 aliphatic carbocycles. The maximum absolute atomic E-state index is 13.1. The zero-order valence-corrected chi connectivity index (χ0v) is 13.7. The van der Waals surface area contributed by atoms with Gasteiger partial charge in [-0.25, -0.2) is 0 Å². The molecule has 0 saturated carbocycles. The molecule has 3 nitrogen and oxygen atoms in total. The smallest absolute Gasteiger partial charge is 0.230 e. The minimum atomic E-state index is 0.0900. The number of nitrogens with two attached hydrogens (primary N) is 1. The zero-order chi connectivity index (χ0) is 14.8. The van der Waals surface area contributed by atoms with E-state index in [4.69, 9.17) is 5.73 Å². The van der Waals surface area contributed by atoms with Crippen molar-refractivity contribution in [2.75, 3.05) is 13.1 Å². The molecule has 116 valence electrons. The number of likely N-dealkylation sites (tertiary alicyclic amines) is 1. The molecule has 1 aliphatic heterocycles. The molecule has 0 bridgehead atoms. The second kappa shape index (κ2) is 6.49. The summed E-state index contributed by atoms with van der Waals surface area (Å²) in [5, 5.41) is 2.14. The van der Waals surface area contributed by atoms with Crippen LogP contribution in [-0.4, -0.2) is 29.9 Å². The van der Waals surface area contributed by atoms with Gasteiger partial charge < -0.3 is 10.6 Å². The molecule has 3 rings (SSSR count). The minimum Gasteiger partial charge on any atom is -0.338 e. The number of piperidine rings is 1. The Bertz CT molecular complexity index is 499. The van der Waals surface area contributed by atoms with E-state index in [-0.39, 0.29) is 12.0 Å². The van der Waals surface area contributed by atoms with E-state index in [2.05, 4.69) is 23.3 Å². The van der Waals surface area contributed by atoms with Crippen LogP contribution in [0.3, 0.4) is 0 Å². The maximum atomic E-state index is 13.1. The normalized spacial score (nSPS) is 29.2. The van der Waals surface area contributed by atoms with Crippen molar-refractivity contribution in [1.29, 1.82) is 0 Å². The standard InChI is InChI=1S/C17H26N2OS/c1-2-12-6-8-19(13(10-12)11-18)17(20)15-4-3-5-16-14(15)7-9-21-16/h7,9,12-13,15H,2-6,8,10-11,18H2,1H3. The molecular weight excluding hydrogens is 280 g/mol. The molecule has 2 heterocycles. The Morgan fingerprint density at radius 1 is 1.48 bits per heavy atom. The van der Waals surface area contributed by atoms with Crippen molar-refractivity contribution in [2.45, 2.75) is 57.4 Å². The summed E-state index contributed by atoms with van der Waals surface area (Å²) in [6, 6.07) is 2.41. The van der Waals surface area contributed by atoms with Crippen molar-refractivity contribution in [1.82, 2.24) is 4.90 Å². The molecule has 1 fully saturated rings. The Morgan fingerprint density at radius 3 is 3.10 bits per heavy atom. The van der Waals surface area contributed by atoms with Crippen LogP contribution in [0.1, 0.15) is 55.4 Å². The zero-order valence-electron chi connectivity index (χ0n) is 12.9. The molecular formula is C17H26N2OS. The Labute approximate surface area is 131 Å². The summed E-state index contributed by atoms with van der Waals surface area (Å²) in [6.07, 6.45) is 6.73. The molecule has 21 heavy (non-hydrogen) atoms. The number of nitrogens with zero attached hydrogens (tertiary/aromatic N) is 1. The van der Waals surface area contributed by atoms with Gasteiger partial charge in [-0.15, -0.1) is 11.3 Å². The van der Waals surface area contributed by atoms with Crippen LogP contribution in [0.2, 0.25) is 0 Å². The van der Waals surface area contributed by atoms with E-state index < -0.39 is 0 Å². The lowest BCUT2D eigenvalue weighted by atomic mass is 9.84. The molecule has 0 aromatic carbocycles. The Hall–Kier alpha value is -0.870. The van der Waals surface area contributed by atoms with E-state index in [1.807, 2.05) is 11.3 Å². The van der Waals surface area contributed by atoms with Gasteiger partial charge in [-0.05, 0) is 55.0 Å². The highest BCUT2D eigenvalue weighted by Crippen LogP contribution is 2.37. The lowest BCUT2D eigenvalue weighted by Gasteiger charge is -2.41. The SMILES string of the molecule is CCC1CCN(C(=O)C2CCCc3sccc32)C(CN)C1. The van der Waals surface area contributed by atoms with Crippen LogP contribution in [0.5, 0.6) is 0 Å². The third-order valence-electron chi connectivity index (χ3n) is 5.31. The average Bonchev–Trinajstić information content (AvgIpc) is 3.02. The lowest BCUT2D eigenvalue weighted by Crippen LogP contribution is -2.51. The first kappa shape index (κ1) is 15.0. The number of aryl methyl sites for hydroxylation is 1. The van der Waals surface area contributed by atoms with Gasteiger partial charge in [-0.2, -0.15) is 0 Å². The van der Waals surface area contributed by atoms with Crippen molar-refractivity contribution >= 4 is 17.2 Å². The average molecular weight is 306 g/mol. The second-order valence-electron chi connectivity index (χ2n) is 6.46. The van der Waals surface area contributed by atoms with Gasteiger partial charge in [-0.1, -0.05) is 13.3 Å². The molecule has 1 amide bonds. The van der Waals surface area contributed by atoms with Crippen LogP contribution in [0.25, 0.3) is 0 Å². The number of thiophene rings is 1. The monoisotopic (exact) mass is 306 g/mol. The highest BCUT2D eigenvalue weighted by Gasteiger charge is 2.36. The van der Waals surface area contributed by atoms with Crippen LogP contribution in [0, 0.1) is 5.92 Å². The van der Waals surface area contributed by atoms with E-state index >= 15 is 0 Å². The summed E-state index contributed by atoms with van der Waals surface area (Å²) < 4.78 is 0. The fraction of sp³-hybridized carbons (Fsp3) is 0.706. The number of hydrogen-bond acceptors (Lipinski definition) is 3. The van der Waals surface area contributed by atoms with Crippen LogP contribution in [-0.2, 0) is 11.2 Å². The summed E-state index contributed by atoms with van der Waals surface area (Å²) in [5.41, 5.74) is 7.26. The van der Waals surface area contributed by atoms with Gasteiger partial charge in [0.05, 0.1) is 5.92 Å². The third-order valence-corrected chi connectivity index (χ3v) is 6.30. The van der Waals surface area contributed by atoms with E-state index in [0.29, 0.717) is 12.5 Å². The largest absolute Gasteiger partial charge is 0.338 e. The first-order valence-electron chi connectivity index (χ1n) is 8.31. The molecule has 1 aromatic heterocycles. The Morgan fingerprint density at radius 2 is 2.33 bits per heavy atom. The van der Waals surface area contributed by atoms with Crippen LogP contribution < -0.4 is 5.73 Å². The van der Waals surface area contributed by atoms with E-state index in [0.717, 1.165) is 44.6 Å². The first-order chi connectivity index (χ1) is 10.2. The molecule has 2 N–H and O–H groups in total. The lowest BCUT2D eigenvalue weighted by molar-refractivity contribution is -0.137. The third kappa shape index (κ3) is 2.88. The predicted molar refractivity (Wildman–Crippen MR) is 87.6 cm³/mol. The molecule has 4 heteroatoms. The van der Waals surface area contributed by atoms with Gasteiger partial charge in [0.1, 0.15) is 0 Å². The molecule has 3 unspecified atom stereocenters. The van der Waals surface area contributed by atoms with Gasteiger partial charge in [0.2, 0.25) is 5.91 Å². The Balaban J connectivity index is 1.76. The number of carbonyl (C=O) groups excluding carboxylic acids is 1. The maximum Gasteiger partial charge on any atom is 0.230 e. The Kier molecular flexibility index (Phi) is 4.65. The molecule has 0 radical (unpaired) electrons. The van der Waals surface area contributed by atoms with Crippen LogP contribution in [0.4, 0.5) is 0 Å². The van der Waals surface area contributed by atoms with Crippen molar-refractivity contribution in [2.24, 2.45) is 11.7 Å². The van der Waals surface area contributed by atoms with E-state index in [1.165, 1.54) is 16.9 Å². The van der Waals surface area contributed by atoms with Gasteiger partial charge >= 0.3 is 0 Å². The topological polar surface area (TPSA) is 46.3 Å². The minimum absolute atomic E-state index is 0.0900. The van der Waals surface area contributed by atoms with Crippen molar-refractivity contribution in [3.05, 3.63) is 21.9 Å². The van der Waals surface area contributed by atoms with Crippen molar-refractivity contribution in [3.8, 4) is 0 Å². The molecule has 0 spiro atoms. The highest BCUT2D eigenvalue weighted by atomic mass is 32.1. The van der Waals surface area contributed by atoms with Gasteiger partial charge in [-0.3, -0.25) is 4.79 Å². The van der Waals surface area contributed by atoms with Gasteiger partial charge in [0, 0.05) is 24.0 Å². The fourth-order valence-electron chi connectivity index (χ4n) is 3.96. The highest BCUT2D eigenvalue weighted by molar-refractivity contribution is 7.10. The molecule has 1 aromatic rings. The molecule has 1 saturated heterocycles. The van der Waals surface area contributed by atoms with Crippen molar-refractivity contribution < 1.29 is 4.79 Å². The first-order valence-corrected chi connectivity index (χ1v) is 9.19. The second-order valence-corrected chi connectivity index (χ2v) is 7.46.